The molecule has 7 nitrogen and oxygen atoms in total. The van der Waals surface area contributed by atoms with Gasteiger partial charge in [-0.25, -0.2) is 4.79 Å². The highest BCUT2D eigenvalue weighted by Gasteiger charge is 2.62. The van der Waals surface area contributed by atoms with Gasteiger partial charge in [0, 0.05) is 5.69 Å². The van der Waals surface area contributed by atoms with Crippen molar-refractivity contribution in [2.24, 2.45) is 29.6 Å². The monoisotopic (exact) mass is 426 g/mol. The van der Waals surface area contributed by atoms with Crippen molar-refractivity contribution in [3.63, 3.8) is 0 Å². The SMILES string of the molecule is CCc1ccccc1NC(=O)COC(=O)[C@H](C(C)C)N1C(=O)[C@@H]2[C@H]3CC[C@@H](C3)[C@@H]2C1=O. The molecule has 2 bridgehead atoms. The first kappa shape index (κ1) is 21.5. The van der Waals surface area contributed by atoms with Crippen LogP contribution < -0.4 is 5.32 Å². The summed E-state index contributed by atoms with van der Waals surface area (Å²) in [7, 11) is 0. The van der Waals surface area contributed by atoms with Gasteiger partial charge in [-0.15, -0.1) is 0 Å². The first-order valence-corrected chi connectivity index (χ1v) is 11.2. The normalized spacial score (nSPS) is 27.5. The van der Waals surface area contributed by atoms with Crippen LogP contribution in [0.1, 0.15) is 45.6 Å². The van der Waals surface area contributed by atoms with Crippen LogP contribution in [-0.4, -0.2) is 41.2 Å². The van der Waals surface area contributed by atoms with E-state index in [1.54, 1.807) is 19.9 Å². The fraction of sp³-hybridized carbons (Fsp3) is 0.583. The highest BCUT2D eigenvalue weighted by Crippen LogP contribution is 2.56. The van der Waals surface area contributed by atoms with Crippen molar-refractivity contribution in [2.45, 2.75) is 52.5 Å². The summed E-state index contributed by atoms with van der Waals surface area (Å²) in [5, 5.41) is 2.76. The maximum atomic E-state index is 13.1. The van der Waals surface area contributed by atoms with E-state index in [0.717, 1.165) is 36.1 Å². The number of hydrogen-bond acceptors (Lipinski definition) is 5. The first-order valence-electron chi connectivity index (χ1n) is 11.2. The molecule has 0 aromatic heterocycles. The van der Waals surface area contributed by atoms with Gasteiger partial charge in [0.25, 0.3) is 5.91 Å². The van der Waals surface area contributed by atoms with Gasteiger partial charge in [0.15, 0.2) is 6.61 Å². The van der Waals surface area contributed by atoms with Crippen LogP contribution >= 0.6 is 0 Å². The average Bonchev–Trinajstić information content (AvgIpc) is 3.42. The van der Waals surface area contributed by atoms with E-state index in [2.05, 4.69) is 5.32 Å². The molecule has 2 saturated carbocycles. The van der Waals surface area contributed by atoms with E-state index >= 15 is 0 Å². The maximum absolute atomic E-state index is 13.1. The molecule has 7 heteroatoms. The van der Waals surface area contributed by atoms with Crippen LogP contribution in [0.4, 0.5) is 5.69 Å². The molecule has 3 amide bonds. The molecular weight excluding hydrogens is 396 g/mol. The lowest BCUT2D eigenvalue weighted by atomic mass is 9.81. The van der Waals surface area contributed by atoms with Crippen molar-refractivity contribution in [2.75, 3.05) is 11.9 Å². The second kappa shape index (κ2) is 8.44. The van der Waals surface area contributed by atoms with Crippen molar-refractivity contribution in [1.82, 2.24) is 4.90 Å². The number of rotatable bonds is 7. The van der Waals surface area contributed by atoms with Crippen molar-refractivity contribution in [3.05, 3.63) is 29.8 Å². The van der Waals surface area contributed by atoms with Crippen LogP contribution in [0, 0.1) is 29.6 Å². The number of benzene rings is 1. The number of para-hydroxylation sites is 1. The van der Waals surface area contributed by atoms with Crippen molar-refractivity contribution < 1.29 is 23.9 Å². The smallest absolute Gasteiger partial charge is 0.330 e. The first-order chi connectivity index (χ1) is 14.8. The lowest BCUT2D eigenvalue weighted by molar-refractivity contribution is -0.162. The number of imide groups is 1. The van der Waals surface area contributed by atoms with Gasteiger partial charge in [-0.2, -0.15) is 0 Å². The number of nitrogens with zero attached hydrogens (tertiary/aromatic N) is 1. The molecule has 1 heterocycles. The molecule has 0 radical (unpaired) electrons. The van der Waals surface area contributed by atoms with E-state index in [-0.39, 0.29) is 41.4 Å². The zero-order valence-electron chi connectivity index (χ0n) is 18.3. The molecule has 5 atom stereocenters. The third-order valence-electron chi connectivity index (χ3n) is 7.13. The Balaban J connectivity index is 1.42. The predicted octanol–water partition coefficient (Wildman–Crippen LogP) is 2.79. The summed E-state index contributed by atoms with van der Waals surface area (Å²) in [6, 6.07) is 6.44. The number of ether oxygens (including phenoxy) is 1. The lowest BCUT2D eigenvalue weighted by Gasteiger charge is -2.28. The highest BCUT2D eigenvalue weighted by atomic mass is 16.5. The molecule has 166 valence electrons. The number of carbonyl (C=O) groups is 4. The summed E-state index contributed by atoms with van der Waals surface area (Å²) >= 11 is 0. The molecular formula is C24H30N2O5. The third kappa shape index (κ3) is 3.75. The minimum Gasteiger partial charge on any atom is -0.454 e. The number of aryl methyl sites for hydroxylation is 1. The number of carbonyl (C=O) groups excluding carboxylic acids is 4. The van der Waals surface area contributed by atoms with Crippen LogP contribution in [0.3, 0.4) is 0 Å². The summed E-state index contributed by atoms with van der Waals surface area (Å²) in [5.41, 5.74) is 1.66. The molecule has 1 N–H and O–H groups in total. The molecule has 31 heavy (non-hydrogen) atoms. The van der Waals surface area contributed by atoms with Gasteiger partial charge in [0.1, 0.15) is 6.04 Å². The topological polar surface area (TPSA) is 92.8 Å². The number of fused-ring (bicyclic) bond motifs is 5. The Bertz CT molecular complexity index is 883. The zero-order chi connectivity index (χ0) is 22.3. The van der Waals surface area contributed by atoms with E-state index in [1.165, 1.54) is 0 Å². The molecule has 3 aliphatic rings. The number of hydrogen-bond donors (Lipinski definition) is 1. The summed E-state index contributed by atoms with van der Waals surface area (Å²) in [5.74, 6) is -1.99. The molecule has 0 unspecified atom stereocenters. The van der Waals surface area contributed by atoms with Crippen LogP contribution in [0.25, 0.3) is 0 Å². The van der Waals surface area contributed by atoms with Gasteiger partial charge in [-0.3, -0.25) is 19.3 Å². The zero-order valence-corrected chi connectivity index (χ0v) is 18.3. The minimum absolute atomic E-state index is 0.237. The molecule has 1 saturated heterocycles. The minimum atomic E-state index is -0.999. The fourth-order valence-corrected chi connectivity index (χ4v) is 5.74. The standard InChI is InChI=1S/C24H30N2O5/c1-4-14-7-5-6-8-17(14)25-18(27)12-31-24(30)21(13(2)3)26-22(28)19-15-9-10-16(11-15)20(19)23(26)29/h5-8,13,15-16,19-21H,4,9-12H2,1-3H3,(H,25,27)/t15-,16-,19-,20+,21-/m0/s1. The van der Waals surface area contributed by atoms with Gasteiger partial charge in [-0.05, 0) is 55.1 Å². The Kier molecular flexibility index (Phi) is 5.86. The maximum Gasteiger partial charge on any atom is 0.330 e. The Hall–Kier alpha value is -2.70. The summed E-state index contributed by atoms with van der Waals surface area (Å²) in [6.45, 7) is 5.10. The molecule has 3 fully saturated rings. The number of amides is 3. The van der Waals surface area contributed by atoms with Crippen LogP contribution in [-0.2, 0) is 30.3 Å². The lowest BCUT2D eigenvalue weighted by Crippen LogP contribution is -2.50. The fourth-order valence-electron chi connectivity index (χ4n) is 5.74. The number of likely N-dealkylation sites (tertiary alicyclic amines) is 1. The van der Waals surface area contributed by atoms with E-state index < -0.39 is 24.5 Å². The molecule has 1 aromatic rings. The molecule has 4 rings (SSSR count). The molecule has 2 aliphatic carbocycles. The van der Waals surface area contributed by atoms with E-state index in [9.17, 15) is 19.2 Å². The van der Waals surface area contributed by atoms with Gasteiger partial charge in [0.05, 0.1) is 11.8 Å². The third-order valence-corrected chi connectivity index (χ3v) is 7.13. The van der Waals surface area contributed by atoms with E-state index in [4.69, 9.17) is 4.74 Å². The van der Waals surface area contributed by atoms with Crippen LogP contribution in [0.2, 0.25) is 0 Å². The number of anilines is 1. The Morgan fingerprint density at radius 3 is 2.29 bits per heavy atom. The largest absolute Gasteiger partial charge is 0.454 e. The summed E-state index contributed by atoms with van der Waals surface area (Å²) in [6.07, 6.45) is 3.66. The molecule has 1 aliphatic heterocycles. The number of nitrogens with one attached hydrogen (secondary N) is 1. The molecule has 0 spiro atoms. The van der Waals surface area contributed by atoms with Crippen LogP contribution in [0.15, 0.2) is 24.3 Å². The van der Waals surface area contributed by atoms with Gasteiger partial charge < -0.3 is 10.1 Å². The predicted molar refractivity (Wildman–Crippen MR) is 114 cm³/mol. The highest BCUT2D eigenvalue weighted by molar-refractivity contribution is 6.08. The molecule has 1 aromatic carbocycles. The van der Waals surface area contributed by atoms with E-state index in [0.29, 0.717) is 5.69 Å². The second-order valence-electron chi connectivity index (χ2n) is 9.29. The number of esters is 1. The summed E-state index contributed by atoms with van der Waals surface area (Å²) < 4.78 is 5.28. The van der Waals surface area contributed by atoms with E-state index in [1.807, 2.05) is 25.1 Å². The van der Waals surface area contributed by atoms with Crippen molar-refractivity contribution >= 4 is 29.4 Å². The second-order valence-corrected chi connectivity index (χ2v) is 9.29. The average molecular weight is 427 g/mol. The Labute approximate surface area is 182 Å². The van der Waals surface area contributed by atoms with Gasteiger partial charge in [-0.1, -0.05) is 39.0 Å². The van der Waals surface area contributed by atoms with Crippen molar-refractivity contribution in [3.8, 4) is 0 Å². The Morgan fingerprint density at radius 1 is 1.10 bits per heavy atom. The Morgan fingerprint density at radius 2 is 1.71 bits per heavy atom. The van der Waals surface area contributed by atoms with Gasteiger partial charge in [0.2, 0.25) is 11.8 Å². The van der Waals surface area contributed by atoms with Crippen molar-refractivity contribution in [1.29, 1.82) is 0 Å². The summed E-state index contributed by atoms with van der Waals surface area (Å²) in [4.78, 5) is 52.6. The quantitative estimate of drug-likeness (QED) is 0.535. The van der Waals surface area contributed by atoms with Gasteiger partial charge >= 0.3 is 5.97 Å². The van der Waals surface area contributed by atoms with Crippen LogP contribution in [0.5, 0.6) is 0 Å².